The lowest BCUT2D eigenvalue weighted by Crippen LogP contribution is -2.29. The number of carbonyl (C=O) groups is 1. The first kappa shape index (κ1) is 17.5. The molecular formula is C20H18ClN3O3. The first-order valence-electron chi connectivity index (χ1n) is 8.74. The SMILES string of the molecule is CCOC(=O)c1cc2c(n(C)c1=O)-c1cnn(-c3ccc(Cl)cc3)c1CC2. The van der Waals surface area contributed by atoms with Gasteiger partial charge in [0.25, 0.3) is 5.56 Å². The second-order valence-corrected chi connectivity index (χ2v) is 6.85. The average Bonchev–Trinajstić information content (AvgIpc) is 3.09. The monoisotopic (exact) mass is 383 g/mol. The van der Waals surface area contributed by atoms with Gasteiger partial charge in [-0.15, -0.1) is 0 Å². The van der Waals surface area contributed by atoms with E-state index in [0.717, 1.165) is 34.6 Å². The molecule has 4 rings (SSSR count). The Morgan fingerprint density at radius 3 is 2.70 bits per heavy atom. The summed E-state index contributed by atoms with van der Waals surface area (Å²) in [6, 6.07) is 9.13. The minimum atomic E-state index is -0.580. The zero-order valence-corrected chi connectivity index (χ0v) is 15.8. The molecule has 0 bridgehead atoms. The number of nitrogens with zero attached hydrogens (tertiary/aromatic N) is 3. The number of aryl methyl sites for hydroxylation is 1. The fraction of sp³-hybridized carbons (Fsp3) is 0.250. The Morgan fingerprint density at radius 2 is 2.00 bits per heavy atom. The van der Waals surface area contributed by atoms with E-state index < -0.39 is 5.97 Å². The zero-order chi connectivity index (χ0) is 19.1. The molecule has 138 valence electrons. The third kappa shape index (κ3) is 2.86. The summed E-state index contributed by atoms with van der Waals surface area (Å²) in [4.78, 5) is 24.8. The summed E-state index contributed by atoms with van der Waals surface area (Å²) in [7, 11) is 1.68. The number of ether oxygens (including phenoxy) is 1. The molecule has 1 aromatic carbocycles. The normalized spacial score (nSPS) is 12.4. The molecule has 2 aromatic heterocycles. The van der Waals surface area contributed by atoms with Gasteiger partial charge in [0.2, 0.25) is 0 Å². The van der Waals surface area contributed by atoms with Crippen molar-refractivity contribution in [3.05, 3.63) is 68.7 Å². The maximum atomic E-state index is 12.7. The van der Waals surface area contributed by atoms with Crippen molar-refractivity contribution < 1.29 is 9.53 Å². The van der Waals surface area contributed by atoms with Crippen LogP contribution in [0.2, 0.25) is 5.02 Å². The average molecular weight is 384 g/mol. The van der Waals surface area contributed by atoms with Gasteiger partial charge in [-0.3, -0.25) is 4.79 Å². The van der Waals surface area contributed by atoms with Crippen molar-refractivity contribution in [2.24, 2.45) is 7.05 Å². The Bertz CT molecular complexity index is 1100. The number of esters is 1. The lowest BCUT2D eigenvalue weighted by molar-refractivity contribution is 0.0523. The summed E-state index contributed by atoms with van der Waals surface area (Å²) in [6.07, 6.45) is 3.24. The highest BCUT2D eigenvalue weighted by molar-refractivity contribution is 6.30. The molecule has 0 fully saturated rings. The molecule has 0 spiro atoms. The summed E-state index contributed by atoms with van der Waals surface area (Å²) in [5.74, 6) is -0.580. The van der Waals surface area contributed by atoms with E-state index in [-0.39, 0.29) is 17.7 Å². The number of hydrogen-bond donors (Lipinski definition) is 0. The highest BCUT2D eigenvalue weighted by Crippen LogP contribution is 2.34. The highest BCUT2D eigenvalue weighted by atomic mass is 35.5. The van der Waals surface area contributed by atoms with Crippen molar-refractivity contribution in [2.75, 3.05) is 6.61 Å². The topological polar surface area (TPSA) is 66.1 Å². The van der Waals surface area contributed by atoms with Crippen LogP contribution in [-0.4, -0.2) is 26.9 Å². The summed E-state index contributed by atoms with van der Waals surface area (Å²) < 4.78 is 8.41. The molecule has 6 nitrogen and oxygen atoms in total. The van der Waals surface area contributed by atoms with Crippen LogP contribution in [0.4, 0.5) is 0 Å². The Labute approximate surface area is 161 Å². The van der Waals surface area contributed by atoms with Gasteiger partial charge in [-0.1, -0.05) is 11.6 Å². The number of fused-ring (bicyclic) bond motifs is 3. The molecule has 1 aliphatic rings. The van der Waals surface area contributed by atoms with Crippen molar-refractivity contribution in [3.63, 3.8) is 0 Å². The van der Waals surface area contributed by atoms with E-state index in [1.807, 2.05) is 28.9 Å². The lowest BCUT2D eigenvalue weighted by atomic mass is 9.92. The van der Waals surface area contributed by atoms with Crippen LogP contribution in [0.15, 0.2) is 41.3 Å². The molecule has 7 heteroatoms. The van der Waals surface area contributed by atoms with Crippen LogP contribution < -0.4 is 5.56 Å². The first-order chi connectivity index (χ1) is 13.0. The molecule has 0 unspecified atom stereocenters. The number of hydrogen-bond acceptors (Lipinski definition) is 4. The van der Waals surface area contributed by atoms with Gasteiger partial charge in [-0.25, -0.2) is 9.48 Å². The van der Waals surface area contributed by atoms with Crippen LogP contribution in [0.1, 0.15) is 28.5 Å². The summed E-state index contributed by atoms with van der Waals surface area (Å²) in [5, 5.41) is 5.19. The van der Waals surface area contributed by atoms with Gasteiger partial charge in [0.05, 0.1) is 29.9 Å². The van der Waals surface area contributed by atoms with Gasteiger partial charge in [0.1, 0.15) is 5.56 Å². The predicted molar refractivity (Wildman–Crippen MR) is 103 cm³/mol. The van der Waals surface area contributed by atoms with Crippen LogP contribution >= 0.6 is 11.6 Å². The number of rotatable bonds is 3. The summed E-state index contributed by atoms with van der Waals surface area (Å²) >= 11 is 5.98. The number of aromatic nitrogens is 3. The minimum absolute atomic E-state index is 0.0756. The molecular weight excluding hydrogens is 366 g/mol. The highest BCUT2D eigenvalue weighted by Gasteiger charge is 2.26. The fourth-order valence-electron chi connectivity index (χ4n) is 3.57. The molecule has 0 radical (unpaired) electrons. The number of carbonyl (C=O) groups excluding carboxylic acids is 1. The van der Waals surface area contributed by atoms with Gasteiger partial charge in [0.15, 0.2) is 0 Å². The van der Waals surface area contributed by atoms with E-state index in [2.05, 4.69) is 5.10 Å². The van der Waals surface area contributed by atoms with Crippen LogP contribution in [0.25, 0.3) is 16.9 Å². The lowest BCUT2D eigenvalue weighted by Gasteiger charge is -2.21. The summed E-state index contributed by atoms with van der Waals surface area (Å²) in [6.45, 7) is 1.95. The maximum absolute atomic E-state index is 12.7. The quantitative estimate of drug-likeness (QED) is 0.651. The molecule has 0 N–H and O–H groups in total. The second kappa shape index (κ2) is 6.70. The maximum Gasteiger partial charge on any atom is 0.343 e. The molecule has 3 aromatic rings. The van der Waals surface area contributed by atoms with E-state index in [0.29, 0.717) is 11.4 Å². The van der Waals surface area contributed by atoms with Gasteiger partial charge in [-0.05, 0) is 55.7 Å². The van der Waals surface area contributed by atoms with Gasteiger partial charge in [0, 0.05) is 17.6 Å². The molecule has 0 saturated carbocycles. The molecule has 0 saturated heterocycles. The van der Waals surface area contributed by atoms with Crippen molar-refractivity contribution in [1.82, 2.24) is 14.3 Å². The smallest absolute Gasteiger partial charge is 0.343 e. The van der Waals surface area contributed by atoms with Crippen molar-refractivity contribution >= 4 is 17.6 Å². The Kier molecular flexibility index (Phi) is 4.36. The largest absolute Gasteiger partial charge is 0.462 e. The van der Waals surface area contributed by atoms with E-state index >= 15 is 0 Å². The summed E-state index contributed by atoms with van der Waals surface area (Å²) in [5.41, 5.74) is 4.31. The minimum Gasteiger partial charge on any atom is -0.462 e. The van der Waals surface area contributed by atoms with Crippen molar-refractivity contribution in [1.29, 1.82) is 0 Å². The first-order valence-corrected chi connectivity index (χ1v) is 9.12. The van der Waals surface area contributed by atoms with E-state index in [1.54, 1.807) is 26.2 Å². The Morgan fingerprint density at radius 1 is 1.26 bits per heavy atom. The van der Waals surface area contributed by atoms with Crippen LogP contribution in [0, 0.1) is 0 Å². The number of halogens is 1. The van der Waals surface area contributed by atoms with E-state index in [9.17, 15) is 9.59 Å². The molecule has 0 aliphatic heterocycles. The Balaban J connectivity index is 1.85. The molecule has 27 heavy (non-hydrogen) atoms. The molecule has 0 atom stereocenters. The van der Waals surface area contributed by atoms with Crippen LogP contribution in [0.3, 0.4) is 0 Å². The van der Waals surface area contributed by atoms with Gasteiger partial charge < -0.3 is 9.30 Å². The Hall–Kier alpha value is -2.86. The van der Waals surface area contributed by atoms with Gasteiger partial charge >= 0.3 is 5.97 Å². The number of pyridine rings is 1. The molecule has 2 heterocycles. The number of benzene rings is 1. The fourth-order valence-corrected chi connectivity index (χ4v) is 3.70. The van der Waals surface area contributed by atoms with E-state index in [4.69, 9.17) is 16.3 Å². The molecule has 1 aliphatic carbocycles. The standard InChI is InChI=1S/C20H18ClN3O3/c1-3-27-20(26)15-10-12-4-9-17-16(18(12)23(2)19(15)25)11-22-24(17)14-7-5-13(21)6-8-14/h5-8,10-11H,3-4,9H2,1-2H3. The third-order valence-electron chi connectivity index (χ3n) is 4.81. The van der Waals surface area contributed by atoms with Crippen LogP contribution in [-0.2, 0) is 24.6 Å². The third-order valence-corrected chi connectivity index (χ3v) is 5.07. The zero-order valence-electron chi connectivity index (χ0n) is 15.0. The second-order valence-electron chi connectivity index (χ2n) is 6.41. The van der Waals surface area contributed by atoms with Crippen LogP contribution in [0.5, 0.6) is 0 Å². The van der Waals surface area contributed by atoms with Crippen molar-refractivity contribution in [3.8, 4) is 16.9 Å². The van der Waals surface area contributed by atoms with Crippen molar-refractivity contribution in [2.45, 2.75) is 19.8 Å². The molecule has 0 amide bonds. The van der Waals surface area contributed by atoms with E-state index in [1.165, 1.54) is 4.57 Å². The predicted octanol–water partition coefficient (Wildman–Crippen LogP) is 3.17. The van der Waals surface area contributed by atoms with Gasteiger partial charge in [-0.2, -0.15) is 5.10 Å².